The summed E-state index contributed by atoms with van der Waals surface area (Å²) in [5.74, 6) is 1.14. The van der Waals surface area contributed by atoms with Gasteiger partial charge in [-0.15, -0.1) is 12.4 Å². The van der Waals surface area contributed by atoms with Gasteiger partial charge in [0.25, 0.3) is 0 Å². The summed E-state index contributed by atoms with van der Waals surface area (Å²) in [6.45, 7) is 0.926. The van der Waals surface area contributed by atoms with Crippen molar-refractivity contribution in [1.82, 2.24) is 5.32 Å². The molecule has 7 heteroatoms. The van der Waals surface area contributed by atoms with E-state index in [4.69, 9.17) is 33.7 Å². The quantitative estimate of drug-likeness (QED) is 0.692. The summed E-state index contributed by atoms with van der Waals surface area (Å²) < 4.78 is 5.54. The summed E-state index contributed by atoms with van der Waals surface area (Å²) in [5, 5.41) is 3.84. The van der Waals surface area contributed by atoms with Gasteiger partial charge in [0.15, 0.2) is 0 Å². The SMILES string of the molecule is Cl.NCC(NC(=O)CCCOc1cccc(Cl)c1Cl)C1CC1. The molecule has 1 atom stereocenters. The van der Waals surface area contributed by atoms with Crippen molar-refractivity contribution in [3.8, 4) is 5.75 Å². The van der Waals surface area contributed by atoms with Crippen LogP contribution in [0.15, 0.2) is 18.2 Å². The molecule has 1 aromatic carbocycles. The van der Waals surface area contributed by atoms with Crippen molar-refractivity contribution >= 4 is 41.5 Å². The highest BCUT2D eigenvalue weighted by molar-refractivity contribution is 6.42. The molecule has 1 fully saturated rings. The summed E-state index contributed by atoms with van der Waals surface area (Å²) in [4.78, 5) is 11.8. The highest BCUT2D eigenvalue weighted by atomic mass is 35.5. The molecule has 0 aliphatic heterocycles. The third-order valence-corrected chi connectivity index (χ3v) is 4.31. The number of halogens is 3. The number of hydrogen-bond acceptors (Lipinski definition) is 3. The van der Waals surface area contributed by atoms with E-state index < -0.39 is 0 Å². The Labute approximate surface area is 147 Å². The van der Waals surface area contributed by atoms with Gasteiger partial charge in [0.2, 0.25) is 5.91 Å². The molecule has 3 N–H and O–H groups in total. The van der Waals surface area contributed by atoms with Crippen molar-refractivity contribution in [1.29, 1.82) is 0 Å². The zero-order valence-electron chi connectivity index (χ0n) is 12.2. The molecular weight excluding hydrogens is 347 g/mol. The smallest absolute Gasteiger partial charge is 0.220 e. The molecule has 0 spiro atoms. The number of nitrogens with two attached hydrogens (primary N) is 1. The maximum Gasteiger partial charge on any atom is 0.220 e. The van der Waals surface area contributed by atoms with Crippen molar-refractivity contribution in [2.45, 2.75) is 31.7 Å². The molecule has 1 saturated carbocycles. The molecular formula is C15H21Cl3N2O2. The minimum absolute atomic E-state index is 0. The second-order valence-electron chi connectivity index (χ2n) is 5.25. The lowest BCUT2D eigenvalue weighted by atomic mass is 10.2. The van der Waals surface area contributed by atoms with Crippen molar-refractivity contribution in [3.05, 3.63) is 28.2 Å². The van der Waals surface area contributed by atoms with Crippen LogP contribution in [0, 0.1) is 5.92 Å². The molecule has 4 nitrogen and oxygen atoms in total. The predicted molar refractivity (Wildman–Crippen MR) is 92.1 cm³/mol. The van der Waals surface area contributed by atoms with Gasteiger partial charge < -0.3 is 15.8 Å². The van der Waals surface area contributed by atoms with Crippen molar-refractivity contribution in [2.24, 2.45) is 11.7 Å². The first-order valence-corrected chi connectivity index (χ1v) is 7.93. The number of rotatable bonds is 8. The molecule has 124 valence electrons. The highest BCUT2D eigenvalue weighted by Crippen LogP contribution is 2.32. The van der Waals surface area contributed by atoms with Gasteiger partial charge in [-0.05, 0) is 37.3 Å². The molecule has 1 aliphatic rings. The number of carbonyl (C=O) groups excluding carboxylic acids is 1. The maximum atomic E-state index is 11.8. The van der Waals surface area contributed by atoms with Gasteiger partial charge in [0.1, 0.15) is 10.8 Å². The van der Waals surface area contributed by atoms with Gasteiger partial charge >= 0.3 is 0 Å². The van der Waals surface area contributed by atoms with Crippen LogP contribution in [0.2, 0.25) is 10.0 Å². The van der Waals surface area contributed by atoms with Crippen LogP contribution in [0.3, 0.4) is 0 Å². The topological polar surface area (TPSA) is 64.3 Å². The van der Waals surface area contributed by atoms with E-state index in [1.165, 1.54) is 12.8 Å². The average molecular weight is 368 g/mol. The van der Waals surface area contributed by atoms with E-state index in [-0.39, 0.29) is 24.4 Å². The number of nitrogens with one attached hydrogen (secondary N) is 1. The number of ether oxygens (including phenoxy) is 1. The monoisotopic (exact) mass is 366 g/mol. The fourth-order valence-electron chi connectivity index (χ4n) is 2.16. The molecule has 0 saturated heterocycles. The van der Waals surface area contributed by atoms with Crippen LogP contribution >= 0.6 is 35.6 Å². The normalized spacial score (nSPS) is 14.9. The van der Waals surface area contributed by atoms with E-state index in [1.807, 2.05) is 0 Å². The van der Waals surface area contributed by atoms with Crippen LogP contribution in [0.5, 0.6) is 5.75 Å². The standard InChI is InChI=1S/C15H20Cl2N2O2.ClH/c16-11-3-1-4-13(15(11)17)21-8-2-5-14(20)19-12(9-18)10-6-7-10;/h1,3-4,10,12H,2,5-9,18H2,(H,19,20);1H. The summed E-state index contributed by atoms with van der Waals surface area (Å²) in [7, 11) is 0. The Morgan fingerprint density at radius 1 is 1.41 bits per heavy atom. The zero-order valence-corrected chi connectivity index (χ0v) is 14.5. The Bertz CT molecular complexity index is 496. The van der Waals surface area contributed by atoms with Crippen molar-refractivity contribution in [2.75, 3.05) is 13.2 Å². The fraction of sp³-hybridized carbons (Fsp3) is 0.533. The summed E-state index contributed by atoms with van der Waals surface area (Å²) >= 11 is 11.9. The molecule has 1 aromatic rings. The Morgan fingerprint density at radius 3 is 2.77 bits per heavy atom. The van der Waals surface area contributed by atoms with E-state index in [1.54, 1.807) is 18.2 Å². The lowest BCUT2D eigenvalue weighted by molar-refractivity contribution is -0.122. The molecule has 22 heavy (non-hydrogen) atoms. The van der Waals surface area contributed by atoms with Crippen LogP contribution in [0.1, 0.15) is 25.7 Å². The van der Waals surface area contributed by atoms with E-state index in [0.717, 1.165) is 0 Å². The number of benzene rings is 1. The lowest BCUT2D eigenvalue weighted by Gasteiger charge is -2.16. The third kappa shape index (κ3) is 5.84. The summed E-state index contributed by atoms with van der Waals surface area (Å²) in [6.07, 6.45) is 3.37. The largest absolute Gasteiger partial charge is 0.492 e. The Hall–Kier alpha value is -0.680. The van der Waals surface area contributed by atoms with Crippen LogP contribution in [-0.2, 0) is 4.79 Å². The molecule has 1 amide bonds. The van der Waals surface area contributed by atoms with Gasteiger partial charge in [-0.2, -0.15) is 0 Å². The van der Waals surface area contributed by atoms with E-state index in [2.05, 4.69) is 5.32 Å². The number of amides is 1. The van der Waals surface area contributed by atoms with Crippen LogP contribution in [0.25, 0.3) is 0 Å². The molecule has 0 aromatic heterocycles. The first-order chi connectivity index (χ1) is 10.1. The van der Waals surface area contributed by atoms with Gasteiger partial charge in [0, 0.05) is 19.0 Å². The fourth-order valence-corrected chi connectivity index (χ4v) is 2.50. The van der Waals surface area contributed by atoms with Crippen molar-refractivity contribution in [3.63, 3.8) is 0 Å². The highest BCUT2D eigenvalue weighted by Gasteiger charge is 2.30. The van der Waals surface area contributed by atoms with Crippen molar-refractivity contribution < 1.29 is 9.53 Å². The molecule has 1 aliphatic carbocycles. The minimum Gasteiger partial charge on any atom is -0.492 e. The van der Waals surface area contributed by atoms with E-state index in [0.29, 0.717) is 47.7 Å². The van der Waals surface area contributed by atoms with E-state index in [9.17, 15) is 4.79 Å². The Balaban J connectivity index is 0.00000242. The second kappa shape index (κ2) is 9.46. The lowest BCUT2D eigenvalue weighted by Crippen LogP contribution is -2.41. The number of hydrogen-bond donors (Lipinski definition) is 2. The van der Waals surface area contributed by atoms with Crippen LogP contribution in [-0.4, -0.2) is 25.1 Å². The van der Waals surface area contributed by atoms with E-state index >= 15 is 0 Å². The summed E-state index contributed by atoms with van der Waals surface area (Å²) in [6, 6.07) is 5.36. The third-order valence-electron chi connectivity index (χ3n) is 3.51. The average Bonchev–Trinajstić information content (AvgIpc) is 3.30. The maximum absolute atomic E-state index is 11.8. The first kappa shape index (κ1) is 19.4. The molecule has 1 unspecified atom stereocenters. The Morgan fingerprint density at radius 2 is 2.14 bits per heavy atom. The summed E-state index contributed by atoms with van der Waals surface area (Å²) in [5.41, 5.74) is 5.66. The molecule has 0 radical (unpaired) electrons. The van der Waals surface area contributed by atoms with Gasteiger partial charge in [-0.25, -0.2) is 0 Å². The predicted octanol–water partition coefficient (Wildman–Crippen LogP) is 3.43. The van der Waals surface area contributed by atoms with Gasteiger partial charge in [-0.3, -0.25) is 4.79 Å². The molecule has 2 rings (SSSR count). The van der Waals surface area contributed by atoms with Gasteiger partial charge in [0.05, 0.1) is 11.6 Å². The Kier molecular flexibility index (Phi) is 8.33. The molecule has 0 heterocycles. The van der Waals surface area contributed by atoms with Crippen LogP contribution in [0.4, 0.5) is 0 Å². The first-order valence-electron chi connectivity index (χ1n) is 7.18. The van der Waals surface area contributed by atoms with Crippen LogP contribution < -0.4 is 15.8 Å². The van der Waals surface area contributed by atoms with Gasteiger partial charge in [-0.1, -0.05) is 29.3 Å². The number of carbonyl (C=O) groups is 1. The zero-order chi connectivity index (χ0) is 15.2. The molecule has 0 bridgehead atoms. The second-order valence-corrected chi connectivity index (χ2v) is 6.04. The minimum atomic E-state index is 0.